The van der Waals surface area contributed by atoms with E-state index in [0.29, 0.717) is 12.2 Å². The van der Waals surface area contributed by atoms with Gasteiger partial charge in [-0.05, 0) is 18.2 Å². The third kappa shape index (κ3) is 2.19. The summed E-state index contributed by atoms with van der Waals surface area (Å²) in [4.78, 5) is 19.1. The van der Waals surface area contributed by atoms with Crippen LogP contribution in [0.15, 0.2) is 41.6 Å². The van der Waals surface area contributed by atoms with Crippen molar-refractivity contribution in [2.24, 2.45) is 0 Å². The van der Waals surface area contributed by atoms with Gasteiger partial charge in [0.25, 0.3) is 0 Å². The predicted octanol–water partition coefficient (Wildman–Crippen LogP) is 0.269. The van der Waals surface area contributed by atoms with Gasteiger partial charge in [0.1, 0.15) is 0 Å². The number of hydrogen-bond donors (Lipinski definition) is 1. The fourth-order valence-electron chi connectivity index (χ4n) is 1.27. The summed E-state index contributed by atoms with van der Waals surface area (Å²) in [5.41, 5.74) is 6.69. The van der Waals surface area contributed by atoms with Crippen LogP contribution in [0, 0.1) is 0 Å². The Kier molecular flexibility index (Phi) is 2.45. The van der Waals surface area contributed by atoms with Crippen molar-refractivity contribution < 1.29 is 0 Å². The molecule has 0 bridgehead atoms. The first-order valence-corrected chi connectivity index (χ1v) is 4.47. The third-order valence-corrected chi connectivity index (χ3v) is 1.96. The summed E-state index contributed by atoms with van der Waals surface area (Å²) in [7, 11) is 0. The highest BCUT2D eigenvalue weighted by Crippen LogP contribution is 2.03. The zero-order valence-electron chi connectivity index (χ0n) is 8.00. The van der Waals surface area contributed by atoms with E-state index < -0.39 is 0 Å². The summed E-state index contributed by atoms with van der Waals surface area (Å²) in [6.07, 6.45) is 4.75. The summed E-state index contributed by atoms with van der Waals surface area (Å²) in [5, 5.41) is 0. The highest BCUT2D eigenvalue weighted by Gasteiger charge is 1.98. The van der Waals surface area contributed by atoms with Crippen LogP contribution >= 0.6 is 0 Å². The second kappa shape index (κ2) is 3.91. The number of anilines is 1. The van der Waals surface area contributed by atoms with Crippen LogP contribution in [0.5, 0.6) is 0 Å². The second-order valence-electron chi connectivity index (χ2n) is 3.11. The molecule has 2 aromatic heterocycles. The van der Waals surface area contributed by atoms with Gasteiger partial charge in [-0.1, -0.05) is 0 Å². The van der Waals surface area contributed by atoms with Crippen LogP contribution in [0.4, 0.5) is 5.69 Å². The molecule has 2 rings (SSSR count). The van der Waals surface area contributed by atoms with Crippen molar-refractivity contribution in [1.82, 2.24) is 14.5 Å². The Labute approximate surface area is 86.2 Å². The van der Waals surface area contributed by atoms with Gasteiger partial charge in [0.05, 0.1) is 12.2 Å². The molecule has 0 aliphatic heterocycles. The first kappa shape index (κ1) is 9.39. The van der Waals surface area contributed by atoms with Gasteiger partial charge < -0.3 is 5.73 Å². The standard InChI is InChI=1S/C10H10N4O/c11-8-2-4-12-9(6-8)7-14-5-1-3-13-10(14)15/h1-6H,7H2,(H2,11,12). The number of hydrogen-bond acceptors (Lipinski definition) is 4. The minimum atomic E-state index is -0.290. The van der Waals surface area contributed by atoms with Gasteiger partial charge in [-0.25, -0.2) is 9.78 Å². The van der Waals surface area contributed by atoms with Crippen molar-refractivity contribution in [3.63, 3.8) is 0 Å². The molecule has 0 aromatic carbocycles. The number of aromatic nitrogens is 3. The van der Waals surface area contributed by atoms with Crippen molar-refractivity contribution in [2.45, 2.75) is 6.54 Å². The molecule has 0 unspecified atom stereocenters. The molecule has 0 fully saturated rings. The Balaban J connectivity index is 2.30. The molecule has 0 aliphatic carbocycles. The normalized spacial score (nSPS) is 10.1. The zero-order valence-corrected chi connectivity index (χ0v) is 8.00. The fourth-order valence-corrected chi connectivity index (χ4v) is 1.27. The van der Waals surface area contributed by atoms with Crippen LogP contribution < -0.4 is 11.4 Å². The van der Waals surface area contributed by atoms with Crippen LogP contribution in [0.2, 0.25) is 0 Å². The summed E-state index contributed by atoms with van der Waals surface area (Å²) < 4.78 is 1.47. The van der Waals surface area contributed by atoms with Crippen molar-refractivity contribution in [2.75, 3.05) is 5.73 Å². The van der Waals surface area contributed by atoms with Crippen molar-refractivity contribution in [3.8, 4) is 0 Å². The fraction of sp³-hybridized carbons (Fsp3) is 0.100. The Morgan fingerprint density at radius 3 is 2.93 bits per heavy atom. The minimum absolute atomic E-state index is 0.290. The lowest BCUT2D eigenvalue weighted by Crippen LogP contribution is -2.22. The van der Waals surface area contributed by atoms with Crippen LogP contribution in [-0.4, -0.2) is 14.5 Å². The molecule has 0 radical (unpaired) electrons. The maximum Gasteiger partial charge on any atom is 0.347 e. The van der Waals surface area contributed by atoms with Gasteiger partial charge in [-0.2, -0.15) is 0 Å². The van der Waals surface area contributed by atoms with Gasteiger partial charge in [0.2, 0.25) is 0 Å². The van der Waals surface area contributed by atoms with E-state index >= 15 is 0 Å². The van der Waals surface area contributed by atoms with Crippen LogP contribution in [-0.2, 0) is 6.54 Å². The van der Waals surface area contributed by atoms with E-state index in [4.69, 9.17) is 5.73 Å². The lowest BCUT2D eigenvalue weighted by atomic mass is 10.3. The number of rotatable bonds is 2. The Hall–Kier alpha value is -2.17. The Bertz CT molecular complexity index is 521. The molecule has 5 heteroatoms. The molecule has 2 heterocycles. The highest BCUT2D eigenvalue weighted by molar-refractivity contribution is 5.37. The van der Waals surface area contributed by atoms with E-state index in [-0.39, 0.29) is 5.69 Å². The number of nitrogen functional groups attached to an aromatic ring is 1. The third-order valence-electron chi connectivity index (χ3n) is 1.96. The van der Waals surface area contributed by atoms with Crippen LogP contribution in [0.1, 0.15) is 5.69 Å². The molecule has 15 heavy (non-hydrogen) atoms. The van der Waals surface area contributed by atoms with Crippen molar-refractivity contribution >= 4 is 5.69 Å². The van der Waals surface area contributed by atoms with Crippen LogP contribution in [0.3, 0.4) is 0 Å². The quantitative estimate of drug-likeness (QED) is 0.758. The number of pyridine rings is 1. The molecule has 0 atom stereocenters. The topological polar surface area (TPSA) is 73.8 Å². The van der Waals surface area contributed by atoms with Gasteiger partial charge >= 0.3 is 5.69 Å². The van der Waals surface area contributed by atoms with Crippen molar-refractivity contribution in [1.29, 1.82) is 0 Å². The molecule has 2 aromatic rings. The molecule has 2 N–H and O–H groups in total. The lowest BCUT2D eigenvalue weighted by molar-refractivity contribution is 0.711. The molecular formula is C10H10N4O. The highest BCUT2D eigenvalue weighted by atomic mass is 16.1. The number of nitrogens with zero attached hydrogens (tertiary/aromatic N) is 3. The first-order chi connectivity index (χ1) is 7.25. The van der Waals surface area contributed by atoms with Gasteiger partial charge in [0.15, 0.2) is 0 Å². The summed E-state index contributed by atoms with van der Waals surface area (Å²) in [6, 6.07) is 5.14. The Morgan fingerprint density at radius 1 is 1.33 bits per heavy atom. The lowest BCUT2D eigenvalue weighted by Gasteiger charge is -2.03. The van der Waals surface area contributed by atoms with E-state index in [2.05, 4.69) is 9.97 Å². The smallest absolute Gasteiger partial charge is 0.347 e. The van der Waals surface area contributed by atoms with Gasteiger partial charge in [-0.15, -0.1) is 0 Å². The summed E-state index contributed by atoms with van der Waals surface area (Å²) in [5.74, 6) is 0. The average molecular weight is 202 g/mol. The maximum absolute atomic E-state index is 11.3. The van der Waals surface area contributed by atoms with Crippen LogP contribution in [0.25, 0.3) is 0 Å². The van der Waals surface area contributed by atoms with E-state index in [1.54, 1.807) is 30.6 Å². The Morgan fingerprint density at radius 2 is 2.20 bits per heavy atom. The first-order valence-electron chi connectivity index (χ1n) is 4.47. The second-order valence-corrected chi connectivity index (χ2v) is 3.11. The SMILES string of the molecule is Nc1ccnc(Cn2cccnc2=O)c1. The van der Waals surface area contributed by atoms with E-state index in [1.165, 1.54) is 10.8 Å². The zero-order chi connectivity index (χ0) is 10.7. The van der Waals surface area contributed by atoms with Gasteiger partial charge in [-0.3, -0.25) is 9.55 Å². The predicted molar refractivity (Wildman–Crippen MR) is 56.2 cm³/mol. The molecule has 0 saturated carbocycles. The van der Waals surface area contributed by atoms with Crippen molar-refractivity contribution in [3.05, 3.63) is 53.0 Å². The largest absolute Gasteiger partial charge is 0.399 e. The molecule has 0 saturated heterocycles. The molecule has 0 spiro atoms. The van der Waals surface area contributed by atoms with E-state index in [0.717, 1.165) is 5.69 Å². The van der Waals surface area contributed by atoms with E-state index in [1.807, 2.05) is 0 Å². The monoisotopic (exact) mass is 202 g/mol. The summed E-state index contributed by atoms with van der Waals surface area (Å²) in [6.45, 7) is 0.387. The van der Waals surface area contributed by atoms with Gasteiger partial charge in [0, 0.05) is 24.3 Å². The molecular weight excluding hydrogens is 192 g/mol. The number of nitrogens with two attached hydrogens (primary N) is 1. The summed E-state index contributed by atoms with van der Waals surface area (Å²) >= 11 is 0. The molecule has 0 aliphatic rings. The minimum Gasteiger partial charge on any atom is -0.399 e. The molecule has 0 amide bonds. The molecule has 76 valence electrons. The maximum atomic E-state index is 11.3. The van der Waals surface area contributed by atoms with E-state index in [9.17, 15) is 4.79 Å². The molecule has 5 nitrogen and oxygen atoms in total. The average Bonchev–Trinajstić information content (AvgIpc) is 2.22.